The molecule has 2 rings (SSSR count). The third kappa shape index (κ3) is 4.41. The number of ether oxygens (including phenoxy) is 2. The van der Waals surface area contributed by atoms with Gasteiger partial charge < -0.3 is 9.47 Å². The number of rotatable bonds is 7. The summed E-state index contributed by atoms with van der Waals surface area (Å²) >= 11 is 11.8. The summed E-state index contributed by atoms with van der Waals surface area (Å²) in [6.07, 6.45) is 0. The number of nitrogens with zero attached hydrogens (tertiary/aromatic N) is 1. The molecule has 0 bridgehead atoms. The first kappa shape index (κ1) is 20.4. The topological polar surface area (TPSA) is 72.9 Å². The molecule has 0 spiro atoms. The maximum Gasteiger partial charge on any atom is 0.326 e. The molecule has 0 amide bonds. The summed E-state index contributed by atoms with van der Waals surface area (Å²) in [7, 11) is -2.95. The minimum absolute atomic E-state index is 0.0869. The van der Waals surface area contributed by atoms with Crippen LogP contribution in [0.15, 0.2) is 47.4 Å². The van der Waals surface area contributed by atoms with Crippen LogP contribution in [0.4, 0.5) is 5.69 Å². The summed E-state index contributed by atoms with van der Waals surface area (Å²) < 4.78 is 37.4. The van der Waals surface area contributed by atoms with E-state index in [0.29, 0.717) is 12.4 Å². The quantitative estimate of drug-likeness (QED) is 0.641. The van der Waals surface area contributed by atoms with Gasteiger partial charge in [-0.3, -0.25) is 9.10 Å². The van der Waals surface area contributed by atoms with E-state index >= 15 is 0 Å². The lowest BCUT2D eigenvalue weighted by Gasteiger charge is -2.25. The van der Waals surface area contributed by atoms with E-state index in [2.05, 4.69) is 4.74 Å². The van der Waals surface area contributed by atoms with E-state index in [1.807, 2.05) is 0 Å². The van der Waals surface area contributed by atoms with E-state index in [0.717, 1.165) is 4.31 Å². The molecule has 0 N–H and O–H groups in total. The largest absolute Gasteiger partial charge is 0.492 e. The Morgan fingerprint density at radius 3 is 2.42 bits per heavy atom. The van der Waals surface area contributed by atoms with Gasteiger partial charge in [0.25, 0.3) is 10.0 Å². The van der Waals surface area contributed by atoms with Crippen LogP contribution in [0, 0.1) is 0 Å². The van der Waals surface area contributed by atoms with Gasteiger partial charge in [-0.1, -0.05) is 35.3 Å². The molecule has 0 saturated carbocycles. The summed E-state index contributed by atoms with van der Waals surface area (Å²) in [6.45, 7) is 1.58. The van der Waals surface area contributed by atoms with Crippen LogP contribution in [0.1, 0.15) is 6.92 Å². The van der Waals surface area contributed by atoms with Crippen molar-refractivity contribution in [3.63, 3.8) is 0 Å². The molecule has 0 atom stereocenters. The lowest BCUT2D eigenvalue weighted by molar-refractivity contribution is -0.138. The zero-order valence-corrected chi connectivity index (χ0v) is 16.4. The number of anilines is 1. The fourth-order valence-electron chi connectivity index (χ4n) is 2.19. The number of carbonyl (C=O) groups is 1. The molecular weight excluding hydrogens is 401 g/mol. The molecule has 6 nitrogen and oxygen atoms in total. The Hall–Kier alpha value is -1.96. The number of halogens is 2. The molecule has 0 fully saturated rings. The van der Waals surface area contributed by atoms with Gasteiger partial charge in [-0.15, -0.1) is 0 Å². The van der Waals surface area contributed by atoms with Crippen LogP contribution in [0.25, 0.3) is 0 Å². The van der Waals surface area contributed by atoms with E-state index < -0.39 is 22.5 Å². The smallest absolute Gasteiger partial charge is 0.326 e. The van der Waals surface area contributed by atoms with Crippen molar-refractivity contribution in [1.82, 2.24) is 0 Å². The second-order valence-corrected chi connectivity index (χ2v) is 7.74. The number of para-hydroxylation sites is 2. The lowest BCUT2D eigenvalue weighted by atomic mass is 10.3. The highest BCUT2D eigenvalue weighted by molar-refractivity contribution is 7.92. The Morgan fingerprint density at radius 1 is 1.12 bits per heavy atom. The summed E-state index contributed by atoms with van der Waals surface area (Å²) in [5, 5.41) is 0.309. The van der Waals surface area contributed by atoms with Gasteiger partial charge >= 0.3 is 5.97 Å². The van der Waals surface area contributed by atoms with E-state index in [-0.39, 0.29) is 20.6 Å². The number of hydrogen-bond donors (Lipinski definition) is 0. The Bertz CT molecular complexity index is 902. The van der Waals surface area contributed by atoms with Gasteiger partial charge in [0.15, 0.2) is 0 Å². The van der Waals surface area contributed by atoms with Crippen LogP contribution in [-0.4, -0.2) is 34.6 Å². The number of sulfonamides is 1. The summed E-state index contributed by atoms with van der Waals surface area (Å²) in [6, 6.07) is 10.4. The second-order valence-electron chi connectivity index (χ2n) is 5.06. The van der Waals surface area contributed by atoms with Gasteiger partial charge in [-0.2, -0.15) is 0 Å². The SMILES string of the molecule is CCOc1ccccc1N(CC(=O)OC)S(=O)(=O)c1ccc(Cl)c(Cl)c1. The second kappa shape index (κ2) is 8.62. The first-order valence-electron chi connectivity index (χ1n) is 7.57. The van der Waals surface area contributed by atoms with Gasteiger partial charge in [0.05, 0.1) is 34.3 Å². The molecule has 2 aromatic carbocycles. The number of benzene rings is 2. The fourth-order valence-corrected chi connectivity index (χ4v) is 4.00. The molecule has 0 aliphatic rings. The average molecular weight is 418 g/mol. The van der Waals surface area contributed by atoms with Crippen molar-refractivity contribution in [3.8, 4) is 5.75 Å². The molecule has 140 valence electrons. The molecule has 2 aromatic rings. The maximum absolute atomic E-state index is 13.2. The number of carbonyl (C=O) groups excluding carboxylic acids is 1. The molecule has 26 heavy (non-hydrogen) atoms. The Balaban J connectivity index is 2.60. The Morgan fingerprint density at radius 2 is 1.81 bits per heavy atom. The van der Waals surface area contributed by atoms with Crippen LogP contribution in [0.5, 0.6) is 5.75 Å². The summed E-state index contributed by atoms with van der Waals surface area (Å²) in [4.78, 5) is 11.7. The minimum Gasteiger partial charge on any atom is -0.492 e. The van der Waals surface area contributed by atoms with E-state index in [1.165, 1.54) is 25.3 Å². The molecule has 0 saturated heterocycles. The van der Waals surface area contributed by atoms with Crippen molar-refractivity contribution < 1.29 is 22.7 Å². The maximum atomic E-state index is 13.2. The first-order valence-corrected chi connectivity index (χ1v) is 9.77. The van der Waals surface area contributed by atoms with Crippen LogP contribution >= 0.6 is 23.2 Å². The van der Waals surface area contributed by atoms with Crippen molar-refractivity contribution in [1.29, 1.82) is 0 Å². The molecular formula is C17H17Cl2NO5S. The zero-order valence-electron chi connectivity index (χ0n) is 14.1. The average Bonchev–Trinajstić information content (AvgIpc) is 2.62. The lowest BCUT2D eigenvalue weighted by Crippen LogP contribution is -2.36. The summed E-state index contributed by atoms with van der Waals surface area (Å²) in [5.74, 6) is -0.400. The minimum atomic E-state index is -4.13. The highest BCUT2D eigenvalue weighted by Crippen LogP contribution is 2.34. The summed E-state index contributed by atoms with van der Waals surface area (Å²) in [5.41, 5.74) is 0.214. The third-order valence-corrected chi connectivity index (χ3v) is 5.91. The predicted molar refractivity (Wildman–Crippen MR) is 101 cm³/mol. The normalized spacial score (nSPS) is 11.1. The Labute approximate surface area is 162 Å². The van der Waals surface area contributed by atoms with E-state index in [1.54, 1.807) is 31.2 Å². The monoisotopic (exact) mass is 417 g/mol. The fraction of sp³-hybridized carbons (Fsp3) is 0.235. The van der Waals surface area contributed by atoms with Crippen molar-refractivity contribution in [2.24, 2.45) is 0 Å². The van der Waals surface area contributed by atoms with E-state index in [4.69, 9.17) is 27.9 Å². The first-order chi connectivity index (χ1) is 12.3. The third-order valence-electron chi connectivity index (χ3n) is 3.41. The number of esters is 1. The zero-order chi connectivity index (χ0) is 19.3. The van der Waals surface area contributed by atoms with Gasteiger partial charge in [0.2, 0.25) is 0 Å². The van der Waals surface area contributed by atoms with Gasteiger partial charge in [-0.05, 0) is 37.3 Å². The predicted octanol–water partition coefficient (Wildman–Crippen LogP) is 3.76. The van der Waals surface area contributed by atoms with Crippen molar-refractivity contribution in [3.05, 3.63) is 52.5 Å². The van der Waals surface area contributed by atoms with Gasteiger partial charge in [0, 0.05) is 0 Å². The van der Waals surface area contributed by atoms with Crippen LogP contribution < -0.4 is 9.04 Å². The number of hydrogen-bond acceptors (Lipinski definition) is 5. The molecule has 0 aliphatic carbocycles. The molecule has 0 aliphatic heterocycles. The Kier molecular flexibility index (Phi) is 6.75. The molecule has 9 heteroatoms. The van der Waals surface area contributed by atoms with Crippen molar-refractivity contribution in [2.45, 2.75) is 11.8 Å². The molecule has 0 aromatic heterocycles. The highest BCUT2D eigenvalue weighted by atomic mass is 35.5. The molecule has 0 radical (unpaired) electrons. The van der Waals surface area contributed by atoms with E-state index in [9.17, 15) is 13.2 Å². The van der Waals surface area contributed by atoms with Crippen LogP contribution in [0.2, 0.25) is 10.0 Å². The standard InChI is InChI=1S/C17H17Cl2NO5S/c1-3-25-16-7-5-4-6-15(16)20(11-17(21)24-2)26(22,23)12-8-9-13(18)14(19)10-12/h4-10H,3,11H2,1-2H3. The van der Waals surface area contributed by atoms with Crippen LogP contribution in [0.3, 0.4) is 0 Å². The van der Waals surface area contributed by atoms with Crippen molar-refractivity contribution >= 4 is 44.9 Å². The van der Waals surface area contributed by atoms with Gasteiger partial charge in [0.1, 0.15) is 12.3 Å². The molecule has 0 heterocycles. The van der Waals surface area contributed by atoms with Gasteiger partial charge in [-0.25, -0.2) is 8.42 Å². The van der Waals surface area contributed by atoms with Crippen LogP contribution in [-0.2, 0) is 19.6 Å². The van der Waals surface area contributed by atoms with Crippen molar-refractivity contribution in [2.75, 3.05) is 24.6 Å². The number of methoxy groups -OCH3 is 1. The highest BCUT2D eigenvalue weighted by Gasteiger charge is 2.30. The molecule has 0 unspecified atom stereocenters.